The van der Waals surface area contributed by atoms with Crippen molar-refractivity contribution in [2.45, 2.75) is 52.4 Å². The van der Waals surface area contributed by atoms with E-state index < -0.39 is 0 Å². The lowest BCUT2D eigenvalue weighted by Gasteiger charge is -2.32. The van der Waals surface area contributed by atoms with Gasteiger partial charge in [0, 0.05) is 47.9 Å². The van der Waals surface area contributed by atoms with E-state index in [0.717, 1.165) is 47.0 Å². The second kappa shape index (κ2) is 15.6. The fraction of sp³-hybridized carbons (Fsp3) is 0.133. The fourth-order valence-electron chi connectivity index (χ4n) is 10.6. The Bertz CT molecular complexity index is 3850. The topological polar surface area (TPSA) is 54.1 Å². The lowest BCUT2D eigenvalue weighted by atomic mass is 9.84. The molecular formula is C60H44N4S2. The molecule has 0 saturated carbocycles. The van der Waals surface area contributed by atoms with Gasteiger partial charge in [0.25, 0.3) is 0 Å². The molecule has 0 radical (unpaired) electrons. The highest BCUT2D eigenvalue weighted by Gasteiger charge is 2.28. The molecule has 6 heteroatoms. The number of fused-ring (bicyclic) bond motifs is 6. The molecule has 0 atom stereocenters. The Morgan fingerprint density at radius 3 is 1.53 bits per heavy atom. The Labute approximate surface area is 392 Å². The first kappa shape index (κ1) is 40.1. The summed E-state index contributed by atoms with van der Waals surface area (Å²) in [7, 11) is 0. The molecule has 66 heavy (non-hydrogen) atoms. The van der Waals surface area contributed by atoms with Crippen molar-refractivity contribution in [3.05, 3.63) is 184 Å². The predicted molar refractivity (Wildman–Crippen MR) is 283 cm³/mol. The van der Waals surface area contributed by atoms with Crippen LogP contribution >= 0.6 is 22.7 Å². The zero-order valence-electron chi connectivity index (χ0n) is 37.2. The lowest BCUT2D eigenvalue weighted by Crippen LogP contribution is -2.13. The minimum Gasteiger partial charge on any atom is -0.308 e. The van der Waals surface area contributed by atoms with Crippen LogP contribution < -0.4 is 9.80 Å². The molecule has 0 fully saturated rings. The average molecular weight is 885 g/mol. The Morgan fingerprint density at radius 2 is 0.985 bits per heavy atom. The van der Waals surface area contributed by atoms with Crippen LogP contribution in [0, 0.1) is 22.7 Å². The van der Waals surface area contributed by atoms with Gasteiger partial charge < -0.3 is 9.80 Å². The van der Waals surface area contributed by atoms with Gasteiger partial charge in [0.1, 0.15) is 0 Å². The third kappa shape index (κ3) is 6.13. The molecule has 4 nitrogen and oxygen atoms in total. The summed E-state index contributed by atoms with van der Waals surface area (Å²) < 4.78 is 3.75. The van der Waals surface area contributed by atoms with E-state index >= 15 is 0 Å². The molecule has 0 aliphatic heterocycles. The number of anilines is 6. The lowest BCUT2D eigenvalue weighted by molar-refractivity contribution is 0.875. The van der Waals surface area contributed by atoms with E-state index in [0.29, 0.717) is 11.1 Å². The Hall–Kier alpha value is -7.48. The van der Waals surface area contributed by atoms with Crippen molar-refractivity contribution in [1.29, 1.82) is 10.5 Å². The van der Waals surface area contributed by atoms with Crippen LogP contribution in [0.5, 0.6) is 0 Å². The summed E-state index contributed by atoms with van der Waals surface area (Å²) in [6.45, 7) is 9.24. The summed E-state index contributed by atoms with van der Waals surface area (Å²) in [5.41, 5.74) is 11.7. The van der Waals surface area contributed by atoms with Crippen LogP contribution in [0.1, 0.15) is 78.6 Å². The van der Waals surface area contributed by atoms with Crippen LogP contribution in [0.25, 0.3) is 68.7 Å². The summed E-state index contributed by atoms with van der Waals surface area (Å²) in [6.07, 6.45) is 6.73. The van der Waals surface area contributed by atoms with E-state index in [2.05, 4.69) is 183 Å². The molecule has 0 saturated heterocycles. The zero-order chi connectivity index (χ0) is 44.8. The maximum absolute atomic E-state index is 9.92. The van der Waals surface area contributed by atoms with Gasteiger partial charge in [-0.15, -0.1) is 22.7 Å². The third-order valence-electron chi connectivity index (χ3n) is 13.7. The van der Waals surface area contributed by atoms with E-state index in [-0.39, 0.29) is 11.8 Å². The molecule has 316 valence electrons. The molecule has 0 amide bonds. The molecule has 9 aromatic carbocycles. The molecule has 12 rings (SSSR count). The van der Waals surface area contributed by atoms with Crippen LogP contribution in [-0.2, 0) is 6.42 Å². The van der Waals surface area contributed by atoms with Gasteiger partial charge in [-0.1, -0.05) is 107 Å². The number of allylic oxidation sites excluding steroid dienone is 1. The number of rotatable bonds is 8. The number of hydrogen-bond acceptors (Lipinski definition) is 6. The van der Waals surface area contributed by atoms with Crippen LogP contribution in [0.15, 0.2) is 152 Å². The molecule has 0 unspecified atom stereocenters. The quantitative estimate of drug-likeness (QED) is 0.143. The molecule has 0 spiro atoms. The standard InChI is InChI=1S/C60H44N4S2/c1-35(2)49-31-53(63(39-23-19-37(33-61)20-24-39)51-15-9-13-45-41-11-5-7-17-55(41)65-59(45)51)47-30-28-44-50(36(3)4)32-54(48-29-27-43(49)57(47)58(44)48)64(40-25-21-38(34-62)22-26-40)52-16-10-14-46-42-12-6-8-18-56(42)66-60(46)52/h5-7,9-17,19-32,35-36H,8,18H2,1-4H3. The number of nitrogens with zero attached hydrogens (tertiary/aromatic N) is 4. The van der Waals surface area contributed by atoms with E-state index in [9.17, 15) is 10.5 Å². The van der Waals surface area contributed by atoms with Crippen molar-refractivity contribution in [3.63, 3.8) is 0 Å². The van der Waals surface area contributed by atoms with Gasteiger partial charge in [0.05, 0.1) is 55.4 Å². The van der Waals surface area contributed by atoms with Gasteiger partial charge in [0.15, 0.2) is 0 Å². The van der Waals surface area contributed by atoms with Gasteiger partial charge >= 0.3 is 0 Å². The molecule has 2 aromatic heterocycles. The van der Waals surface area contributed by atoms with E-state index in [1.807, 2.05) is 46.9 Å². The van der Waals surface area contributed by atoms with Gasteiger partial charge in [-0.25, -0.2) is 0 Å². The van der Waals surface area contributed by atoms with Gasteiger partial charge in [-0.2, -0.15) is 10.5 Å². The maximum atomic E-state index is 9.92. The second-order valence-corrected chi connectivity index (χ2v) is 20.3. The van der Waals surface area contributed by atoms with E-state index in [4.69, 9.17) is 0 Å². The summed E-state index contributed by atoms with van der Waals surface area (Å²) in [5.74, 6) is 0.461. The smallest absolute Gasteiger partial charge is 0.0991 e. The Kier molecular flexibility index (Phi) is 9.47. The first-order valence-electron chi connectivity index (χ1n) is 22.8. The monoisotopic (exact) mass is 884 g/mol. The summed E-state index contributed by atoms with van der Waals surface area (Å²) in [5, 5.41) is 31.0. The van der Waals surface area contributed by atoms with Gasteiger partial charge in [-0.05, 0) is 142 Å². The molecule has 0 bridgehead atoms. The molecule has 1 aliphatic rings. The predicted octanol–water partition coefficient (Wildman–Crippen LogP) is 18.1. The first-order valence-corrected chi connectivity index (χ1v) is 24.4. The maximum Gasteiger partial charge on any atom is 0.0991 e. The van der Waals surface area contributed by atoms with Crippen LogP contribution in [0.2, 0.25) is 0 Å². The van der Waals surface area contributed by atoms with E-state index in [1.165, 1.54) is 84.1 Å². The van der Waals surface area contributed by atoms with Crippen LogP contribution in [0.4, 0.5) is 34.1 Å². The molecule has 11 aromatic rings. The van der Waals surface area contributed by atoms with Gasteiger partial charge in [0.2, 0.25) is 0 Å². The average Bonchev–Trinajstić information content (AvgIpc) is 3.94. The number of nitriles is 2. The highest BCUT2D eigenvalue weighted by molar-refractivity contribution is 7.26. The SMILES string of the molecule is CC(C)c1cc(N(c2ccc(C#N)cc2)c2cccc3c4c(sc23)CCC=C4)c2ccc3c(C(C)C)cc(N(c4ccc(C#N)cc4)c4cccc5c4sc4ccccc45)c4ccc1c2c34. The number of thiophene rings is 2. The summed E-state index contributed by atoms with van der Waals surface area (Å²) >= 11 is 3.75. The van der Waals surface area contributed by atoms with Crippen LogP contribution in [0.3, 0.4) is 0 Å². The zero-order valence-corrected chi connectivity index (χ0v) is 38.8. The first-order chi connectivity index (χ1) is 32.3. The van der Waals surface area contributed by atoms with Gasteiger partial charge in [-0.3, -0.25) is 0 Å². The number of hydrogen-bond donors (Lipinski definition) is 0. The molecule has 1 aliphatic carbocycles. The van der Waals surface area contributed by atoms with Crippen molar-refractivity contribution in [3.8, 4) is 12.1 Å². The Morgan fingerprint density at radius 1 is 0.485 bits per heavy atom. The van der Waals surface area contributed by atoms with Crippen molar-refractivity contribution < 1.29 is 0 Å². The van der Waals surface area contributed by atoms with Crippen molar-refractivity contribution >= 4 is 125 Å². The normalized spacial score (nSPS) is 12.6. The third-order valence-corrected chi connectivity index (χ3v) is 16.2. The number of benzene rings is 9. The molecular weight excluding hydrogens is 841 g/mol. The van der Waals surface area contributed by atoms with E-state index in [1.54, 1.807) is 0 Å². The van der Waals surface area contributed by atoms with Crippen molar-refractivity contribution in [2.24, 2.45) is 0 Å². The number of aryl methyl sites for hydroxylation is 1. The molecule has 0 N–H and O–H groups in total. The highest BCUT2D eigenvalue weighted by Crippen LogP contribution is 2.54. The second-order valence-electron chi connectivity index (χ2n) is 18.1. The van der Waals surface area contributed by atoms with Crippen molar-refractivity contribution in [2.75, 3.05) is 9.80 Å². The summed E-state index contributed by atoms with van der Waals surface area (Å²) in [4.78, 5) is 6.34. The fourth-order valence-corrected chi connectivity index (χ4v) is 13.1. The minimum absolute atomic E-state index is 0.229. The van der Waals surface area contributed by atoms with Crippen molar-refractivity contribution in [1.82, 2.24) is 0 Å². The minimum atomic E-state index is 0.229. The summed E-state index contributed by atoms with van der Waals surface area (Å²) in [6, 6.07) is 57.4. The van der Waals surface area contributed by atoms with Crippen LogP contribution in [-0.4, -0.2) is 0 Å². The largest absolute Gasteiger partial charge is 0.308 e. The highest BCUT2D eigenvalue weighted by atomic mass is 32.1. The Balaban J connectivity index is 1.20. The molecule has 2 heterocycles.